The third-order valence-corrected chi connectivity index (χ3v) is 24.2. The van der Waals surface area contributed by atoms with Gasteiger partial charge < -0.3 is 64.8 Å². The first-order valence-electron chi connectivity index (χ1n) is 37.0. The van der Waals surface area contributed by atoms with E-state index in [0.29, 0.717) is 70.1 Å². The molecule has 0 aromatic heterocycles. The van der Waals surface area contributed by atoms with Crippen LogP contribution in [0.3, 0.4) is 0 Å². The predicted molar refractivity (Wildman–Crippen MR) is 379 cm³/mol. The van der Waals surface area contributed by atoms with Gasteiger partial charge >= 0.3 is 0 Å². The Labute approximate surface area is 602 Å². The number of fused-ring (bicyclic) bond motifs is 3. The molecular formula is C73H116Cl2N12O13. The van der Waals surface area contributed by atoms with E-state index in [1.807, 2.05) is 39.8 Å². The van der Waals surface area contributed by atoms with Gasteiger partial charge in [0.1, 0.15) is 53.9 Å². The van der Waals surface area contributed by atoms with Crippen LogP contribution < -0.4 is 16.0 Å². The normalized spacial score (nSPS) is 33.2. The highest BCUT2D eigenvalue weighted by atomic mass is 35.5. The van der Waals surface area contributed by atoms with E-state index in [9.17, 15) is 28.8 Å². The maximum absolute atomic E-state index is 15.7. The summed E-state index contributed by atoms with van der Waals surface area (Å²) < 4.78 is 6.16. The molecule has 8 rings (SSSR count). The second-order valence-corrected chi connectivity index (χ2v) is 32.8. The Kier molecular flexibility index (Phi) is 27.4. The van der Waals surface area contributed by atoms with Gasteiger partial charge in [0.15, 0.2) is 0 Å². The SMILES string of the molecule is CCC[C@H]1C(=O)N[C@@H](C2CC2)C(=O)N(C)CC(=O)N(C)[C@H]2C/C=C\CCN(C2=O)[C@@H](CC2CCC(C)CC2)C(=O)N(C)CC(=O)N[C@@H](CCC2CCC(Cl)C(Cl)C2)C(=O)N2C[C@H](OCC)C[C@H]2C(=O)NC2(CC(C)(C)C2)C(=O)N(C)[C@@H](C2CCC2)C(=O)N(C)[C@H](C(=O)N(C)C)CC(=O)N1C. The summed E-state index contributed by atoms with van der Waals surface area (Å²) in [5, 5.41) is 8.52. The molecule has 100 heavy (non-hydrogen) atoms. The minimum Gasteiger partial charge on any atom is -0.377 e. The molecule has 27 heteroatoms. The molecule has 5 saturated carbocycles. The minimum atomic E-state index is -1.56. The van der Waals surface area contributed by atoms with Gasteiger partial charge in [-0.25, -0.2) is 0 Å². The first kappa shape index (κ1) is 79.6. The molecule has 3 unspecified atom stereocenters. The molecular weight excluding hydrogens is 1320 g/mol. The van der Waals surface area contributed by atoms with Gasteiger partial charge in [-0.15, -0.1) is 23.2 Å². The number of rotatable bonds is 12. The van der Waals surface area contributed by atoms with Crippen molar-refractivity contribution in [2.75, 3.05) is 89.2 Å². The van der Waals surface area contributed by atoms with Crippen LogP contribution in [0.5, 0.6) is 0 Å². The van der Waals surface area contributed by atoms with Crippen molar-refractivity contribution in [2.45, 2.75) is 253 Å². The van der Waals surface area contributed by atoms with Gasteiger partial charge in [-0.2, -0.15) is 0 Å². The molecule has 560 valence electrons. The zero-order valence-corrected chi connectivity index (χ0v) is 63.3. The summed E-state index contributed by atoms with van der Waals surface area (Å²) in [5.41, 5.74) is -2.02. The van der Waals surface area contributed by atoms with E-state index in [2.05, 4.69) is 22.9 Å². The molecule has 25 nitrogen and oxygen atoms in total. The summed E-state index contributed by atoms with van der Waals surface area (Å²) in [5.74, 6) is -7.00. The molecule has 8 aliphatic rings. The van der Waals surface area contributed by atoms with E-state index in [0.717, 1.165) is 38.5 Å². The zero-order valence-electron chi connectivity index (χ0n) is 61.8. The zero-order chi connectivity index (χ0) is 73.4. The highest BCUT2D eigenvalue weighted by Crippen LogP contribution is 2.50. The van der Waals surface area contributed by atoms with Gasteiger partial charge in [-0.1, -0.05) is 78.4 Å². The van der Waals surface area contributed by atoms with Gasteiger partial charge in [0.2, 0.25) is 70.9 Å². The van der Waals surface area contributed by atoms with Gasteiger partial charge in [0.25, 0.3) is 0 Å². The maximum atomic E-state index is 15.7. The lowest BCUT2D eigenvalue weighted by Gasteiger charge is -2.54. The average Bonchev–Trinajstić information content (AvgIpc) is 0.777. The number of carbonyl (C=O) groups is 12. The smallest absolute Gasteiger partial charge is 0.248 e. The fourth-order valence-electron chi connectivity index (χ4n) is 16.8. The summed E-state index contributed by atoms with van der Waals surface area (Å²) in [6, 6.07) is -9.31. The van der Waals surface area contributed by atoms with E-state index in [4.69, 9.17) is 27.9 Å². The number of likely N-dealkylation sites (N-methyl/N-ethyl adjacent to an activating group) is 7. The van der Waals surface area contributed by atoms with E-state index in [-0.39, 0.29) is 92.6 Å². The van der Waals surface area contributed by atoms with Crippen LogP contribution in [0.2, 0.25) is 0 Å². The molecule has 0 aromatic rings. The third kappa shape index (κ3) is 19.0. The highest BCUT2D eigenvalue weighted by molar-refractivity contribution is 6.30. The Bertz CT molecular complexity index is 3020. The van der Waals surface area contributed by atoms with Crippen LogP contribution in [-0.4, -0.2) is 275 Å². The van der Waals surface area contributed by atoms with Crippen molar-refractivity contribution in [3.63, 3.8) is 0 Å². The molecule has 2 saturated heterocycles. The summed E-state index contributed by atoms with van der Waals surface area (Å²) in [6.45, 7) is 9.18. The number of hydrogen-bond acceptors (Lipinski definition) is 13. The van der Waals surface area contributed by atoms with Crippen molar-refractivity contribution in [2.24, 2.45) is 35.0 Å². The number of halogens is 2. The Morgan fingerprint density at radius 3 is 1.89 bits per heavy atom. The van der Waals surface area contributed by atoms with Crippen LogP contribution in [0.25, 0.3) is 0 Å². The Balaban J connectivity index is 1.18. The van der Waals surface area contributed by atoms with E-state index in [1.165, 1.54) is 95.6 Å². The Morgan fingerprint density at radius 2 is 1.29 bits per heavy atom. The Hall–Kier alpha value is -6.08. The van der Waals surface area contributed by atoms with Crippen LogP contribution in [0.4, 0.5) is 0 Å². The van der Waals surface area contributed by atoms with Crippen molar-refractivity contribution in [3.8, 4) is 0 Å². The van der Waals surface area contributed by atoms with Crippen molar-refractivity contribution in [3.05, 3.63) is 12.2 Å². The molecule has 1 spiro atoms. The standard InChI is InChI=1S/C73H116Cl2N12O13/c1-14-20-53-63(91)77-61(47-30-31-47)69(97)81(9)41-60(90)83(11)54-23-17-16-18-34-86(68(54)96)57(36-46-26-24-44(3)25-27-46)67(95)80(8)40-58(88)76-52(33-29-45-28-32-50(74)51(75)35-45)65(93)87-39-49(100-15-2)37-55(87)64(92)78-73(42-72(4,5)43-73)71(99)85(13)62(48-21-19-22-48)70(98)84(12)56(66(94)79(6)7)38-59(89)82(53)10/h16-17,44-57,61-62H,14-15,18-43H2,1-13H3,(H,76,88)(H,77,91)(H,78,92)/b17-16-/t44?,45?,46?,49-,50?,51?,52+,53+,54+,55+,56+,57+,61+,62+/m1/s1. The van der Waals surface area contributed by atoms with Crippen molar-refractivity contribution >= 4 is 94.1 Å². The summed E-state index contributed by atoms with van der Waals surface area (Å²) in [7, 11) is 11.8. The van der Waals surface area contributed by atoms with Crippen LogP contribution in [0, 0.1) is 35.0 Å². The van der Waals surface area contributed by atoms with Gasteiger partial charge in [-0.05, 0) is 138 Å². The predicted octanol–water partition coefficient (Wildman–Crippen LogP) is 4.92. The maximum Gasteiger partial charge on any atom is 0.248 e. The summed E-state index contributed by atoms with van der Waals surface area (Å²) >= 11 is 13.3. The lowest BCUT2D eigenvalue weighted by atomic mass is 9.58. The van der Waals surface area contributed by atoms with Crippen LogP contribution >= 0.6 is 23.2 Å². The second kappa shape index (κ2) is 34.5. The Morgan fingerprint density at radius 1 is 0.630 bits per heavy atom. The number of hydrogen-bond donors (Lipinski definition) is 3. The molecule has 12 atom stereocenters. The van der Waals surface area contributed by atoms with E-state index < -0.39 is 156 Å². The van der Waals surface area contributed by atoms with Gasteiger partial charge in [0.05, 0.1) is 31.0 Å². The molecule has 0 radical (unpaired) electrons. The van der Waals surface area contributed by atoms with Gasteiger partial charge in [-0.3, -0.25) is 57.5 Å². The molecule has 2 bridgehead atoms. The first-order valence-corrected chi connectivity index (χ1v) is 37.9. The molecule has 7 fully saturated rings. The van der Waals surface area contributed by atoms with Crippen LogP contribution in [-0.2, 0) is 62.3 Å². The quantitative estimate of drug-likeness (QED) is 0.173. The fraction of sp³-hybridized carbons (Fsp3) is 0.808. The lowest BCUT2D eigenvalue weighted by Crippen LogP contribution is -2.71. The monoisotopic (exact) mass is 1440 g/mol. The third-order valence-electron chi connectivity index (χ3n) is 23.1. The van der Waals surface area contributed by atoms with Gasteiger partial charge in [0, 0.05) is 87.9 Å². The molecule has 0 aromatic carbocycles. The highest BCUT2D eigenvalue weighted by Gasteiger charge is 2.59. The number of nitrogens with one attached hydrogen (secondary N) is 3. The van der Waals surface area contributed by atoms with E-state index in [1.54, 1.807) is 4.90 Å². The minimum absolute atomic E-state index is 0.0245. The number of nitrogens with zero attached hydrogens (tertiary/aromatic N) is 9. The molecule has 5 aliphatic carbocycles. The largest absolute Gasteiger partial charge is 0.377 e. The number of alkyl halides is 2. The number of carbonyl (C=O) groups excluding carboxylic acids is 12. The average molecular weight is 1440 g/mol. The van der Waals surface area contributed by atoms with Crippen LogP contribution in [0.15, 0.2) is 12.2 Å². The second-order valence-electron chi connectivity index (χ2n) is 31.7. The molecule has 3 N–H and O–H groups in total. The van der Waals surface area contributed by atoms with Crippen molar-refractivity contribution < 1.29 is 62.3 Å². The van der Waals surface area contributed by atoms with Crippen molar-refractivity contribution in [1.29, 1.82) is 0 Å². The summed E-state index contributed by atoms with van der Waals surface area (Å²) in [6.07, 6.45) is 13.6. The van der Waals surface area contributed by atoms with E-state index >= 15 is 28.8 Å². The first-order chi connectivity index (χ1) is 47.2. The van der Waals surface area contributed by atoms with Crippen LogP contribution in [0.1, 0.15) is 182 Å². The summed E-state index contributed by atoms with van der Waals surface area (Å²) in [4.78, 5) is 193. The number of ether oxygens (including phenoxy) is 1. The molecule has 3 heterocycles. The number of amides is 12. The molecule has 12 amide bonds. The fourth-order valence-corrected chi connectivity index (χ4v) is 17.4. The molecule has 3 aliphatic heterocycles. The van der Waals surface area contributed by atoms with Crippen molar-refractivity contribution in [1.82, 2.24) is 60.0 Å². The lowest BCUT2D eigenvalue weighted by molar-refractivity contribution is -0.162. The topological polar surface area (TPSA) is 279 Å².